The van der Waals surface area contributed by atoms with Crippen LogP contribution in [0.2, 0.25) is 0 Å². The fraction of sp³-hybridized carbons (Fsp3) is 0.429. The van der Waals surface area contributed by atoms with Gasteiger partial charge in [0.15, 0.2) is 23.0 Å². The summed E-state index contributed by atoms with van der Waals surface area (Å²) in [4.78, 5) is 0. The van der Waals surface area contributed by atoms with Crippen molar-refractivity contribution in [1.29, 1.82) is 0 Å². The highest BCUT2D eigenvalue weighted by Crippen LogP contribution is 2.31. The highest BCUT2D eigenvalue weighted by molar-refractivity contribution is 14.1. The second-order valence-corrected chi connectivity index (χ2v) is 2.73. The van der Waals surface area contributed by atoms with E-state index < -0.39 is 0 Å². The summed E-state index contributed by atoms with van der Waals surface area (Å²) in [6.45, 7) is 5.96. The molecule has 0 unspecified atom stereocenters. The molecule has 1 nitrogen and oxygen atoms in total. The van der Waals surface area contributed by atoms with Crippen LogP contribution < -0.4 is 0 Å². The highest BCUT2D eigenvalue weighted by Gasteiger charge is 2.15. The molecule has 9 heavy (non-hydrogen) atoms. The van der Waals surface area contributed by atoms with E-state index in [4.69, 9.17) is 3.07 Å². The van der Waals surface area contributed by atoms with Gasteiger partial charge >= 0.3 is 0 Å². The summed E-state index contributed by atoms with van der Waals surface area (Å²) >= 11 is 1.90. The molecule has 0 aromatic heterocycles. The van der Waals surface area contributed by atoms with E-state index in [1.165, 1.54) is 5.57 Å². The lowest BCUT2D eigenvalue weighted by Gasteiger charge is -1.98. The molecule has 2 heteroatoms. The zero-order chi connectivity index (χ0) is 6.85. The molecule has 1 rings (SSSR count). The molecule has 0 bridgehead atoms. The first-order chi connectivity index (χ1) is 4.25. The Hall–Kier alpha value is 0.0100. The van der Waals surface area contributed by atoms with Gasteiger partial charge in [-0.3, -0.25) is 0 Å². The van der Waals surface area contributed by atoms with Gasteiger partial charge in [0, 0.05) is 0 Å². The Labute approximate surface area is 69.5 Å². The van der Waals surface area contributed by atoms with E-state index >= 15 is 0 Å². The summed E-state index contributed by atoms with van der Waals surface area (Å²) in [6, 6.07) is 0. The van der Waals surface area contributed by atoms with Crippen molar-refractivity contribution in [2.24, 2.45) is 0 Å². The Kier molecular flexibility index (Phi) is 2.16. The Balaban J connectivity index is 2.82. The maximum Gasteiger partial charge on any atom is 0.192 e. The number of allylic oxidation sites excluding steroid dienone is 2. The SMILES string of the molecule is C=C1CCC(C)=C1OI. The first kappa shape index (κ1) is 7.12. The average molecular weight is 236 g/mol. The topological polar surface area (TPSA) is 9.23 Å². The van der Waals surface area contributed by atoms with Crippen LogP contribution in [-0.2, 0) is 3.07 Å². The fourth-order valence-corrected chi connectivity index (χ4v) is 1.67. The molecule has 0 spiro atoms. The second kappa shape index (κ2) is 2.73. The maximum absolute atomic E-state index is 5.09. The molecular weight excluding hydrogens is 227 g/mol. The largest absolute Gasteiger partial charge is 0.427 e. The summed E-state index contributed by atoms with van der Waals surface area (Å²) in [5.74, 6) is 1.01. The molecule has 0 aliphatic heterocycles. The van der Waals surface area contributed by atoms with Gasteiger partial charge in [-0.25, -0.2) is 0 Å². The lowest BCUT2D eigenvalue weighted by Crippen LogP contribution is -1.79. The van der Waals surface area contributed by atoms with Crippen LogP contribution in [0.4, 0.5) is 0 Å². The molecule has 0 N–H and O–H groups in total. The van der Waals surface area contributed by atoms with Gasteiger partial charge in [0.05, 0.1) is 0 Å². The summed E-state index contributed by atoms with van der Waals surface area (Å²) in [6.07, 6.45) is 2.20. The van der Waals surface area contributed by atoms with E-state index in [2.05, 4.69) is 13.5 Å². The van der Waals surface area contributed by atoms with Gasteiger partial charge in [-0.05, 0) is 30.9 Å². The van der Waals surface area contributed by atoms with E-state index in [0.717, 1.165) is 24.2 Å². The first-order valence-electron chi connectivity index (χ1n) is 2.92. The van der Waals surface area contributed by atoms with Crippen molar-refractivity contribution < 1.29 is 3.07 Å². The minimum atomic E-state index is 1.01. The van der Waals surface area contributed by atoms with Crippen molar-refractivity contribution in [2.45, 2.75) is 19.8 Å². The molecule has 0 atom stereocenters. The van der Waals surface area contributed by atoms with Crippen molar-refractivity contribution in [3.63, 3.8) is 0 Å². The second-order valence-electron chi connectivity index (χ2n) is 2.29. The van der Waals surface area contributed by atoms with Crippen LogP contribution in [0.25, 0.3) is 0 Å². The third-order valence-corrected chi connectivity index (χ3v) is 2.03. The van der Waals surface area contributed by atoms with Gasteiger partial charge in [-0.15, -0.1) is 0 Å². The highest BCUT2D eigenvalue weighted by atomic mass is 127. The van der Waals surface area contributed by atoms with Gasteiger partial charge in [0.1, 0.15) is 5.76 Å². The zero-order valence-corrected chi connectivity index (χ0v) is 7.57. The third kappa shape index (κ3) is 1.28. The quantitative estimate of drug-likeness (QED) is 0.636. The van der Waals surface area contributed by atoms with E-state index in [-0.39, 0.29) is 0 Å². The van der Waals surface area contributed by atoms with Crippen LogP contribution in [0.1, 0.15) is 19.8 Å². The lowest BCUT2D eigenvalue weighted by molar-refractivity contribution is 0.573. The Morgan fingerprint density at radius 1 is 1.56 bits per heavy atom. The normalized spacial score (nSPS) is 19.1. The Morgan fingerprint density at radius 2 is 2.22 bits per heavy atom. The zero-order valence-electron chi connectivity index (χ0n) is 5.41. The van der Waals surface area contributed by atoms with Crippen LogP contribution in [-0.4, -0.2) is 0 Å². The molecule has 0 aromatic rings. The maximum atomic E-state index is 5.09. The Morgan fingerprint density at radius 3 is 2.44 bits per heavy atom. The first-order valence-corrected chi connectivity index (χ1v) is 3.80. The van der Waals surface area contributed by atoms with Crippen LogP contribution >= 0.6 is 23.0 Å². The molecule has 0 amide bonds. The number of rotatable bonds is 1. The van der Waals surface area contributed by atoms with Crippen molar-refractivity contribution in [2.75, 3.05) is 0 Å². The summed E-state index contributed by atoms with van der Waals surface area (Å²) in [5, 5.41) is 0. The lowest BCUT2D eigenvalue weighted by atomic mass is 10.2. The Bertz CT molecular complexity index is 170. The van der Waals surface area contributed by atoms with Gasteiger partial charge in [-0.1, -0.05) is 6.58 Å². The molecule has 1 aliphatic rings. The molecule has 0 heterocycles. The van der Waals surface area contributed by atoms with Crippen molar-refractivity contribution >= 4 is 23.0 Å². The van der Waals surface area contributed by atoms with Crippen LogP contribution in [0.15, 0.2) is 23.5 Å². The van der Waals surface area contributed by atoms with Crippen LogP contribution in [0, 0.1) is 0 Å². The van der Waals surface area contributed by atoms with Gasteiger partial charge < -0.3 is 3.07 Å². The standard InChI is InChI=1S/C7H9IO/c1-5-3-4-6(2)7(5)9-8/h1,3-4H2,2H3. The predicted octanol–water partition coefficient (Wildman–Crippen LogP) is 2.98. The monoisotopic (exact) mass is 236 g/mol. The van der Waals surface area contributed by atoms with E-state index in [0.29, 0.717) is 0 Å². The van der Waals surface area contributed by atoms with Crippen LogP contribution in [0.3, 0.4) is 0 Å². The molecule has 0 aromatic carbocycles. The smallest absolute Gasteiger partial charge is 0.192 e. The molecule has 0 saturated heterocycles. The molecule has 1 aliphatic carbocycles. The van der Waals surface area contributed by atoms with E-state index in [1.807, 2.05) is 23.0 Å². The molecular formula is C7H9IO. The van der Waals surface area contributed by atoms with E-state index in [1.54, 1.807) is 0 Å². The van der Waals surface area contributed by atoms with Crippen molar-refractivity contribution in [3.05, 3.63) is 23.5 Å². The van der Waals surface area contributed by atoms with Gasteiger partial charge in [0.2, 0.25) is 0 Å². The van der Waals surface area contributed by atoms with Crippen molar-refractivity contribution in [3.8, 4) is 0 Å². The van der Waals surface area contributed by atoms with E-state index in [9.17, 15) is 0 Å². The number of halogens is 1. The van der Waals surface area contributed by atoms with Crippen molar-refractivity contribution in [1.82, 2.24) is 0 Å². The van der Waals surface area contributed by atoms with Crippen LogP contribution in [0.5, 0.6) is 0 Å². The predicted molar refractivity (Wildman–Crippen MR) is 46.2 cm³/mol. The third-order valence-electron chi connectivity index (χ3n) is 1.59. The minimum absolute atomic E-state index is 1.01. The molecule has 0 fully saturated rings. The summed E-state index contributed by atoms with van der Waals surface area (Å²) < 4.78 is 5.09. The molecule has 0 saturated carbocycles. The van der Waals surface area contributed by atoms with Gasteiger partial charge in [0.25, 0.3) is 0 Å². The molecule has 0 radical (unpaired) electrons. The number of hydrogen-bond donors (Lipinski definition) is 0. The van der Waals surface area contributed by atoms with Gasteiger partial charge in [-0.2, -0.15) is 0 Å². The molecule has 50 valence electrons. The minimum Gasteiger partial charge on any atom is -0.427 e. The summed E-state index contributed by atoms with van der Waals surface area (Å²) in [5.41, 5.74) is 2.47. The average Bonchev–Trinajstić information content (AvgIpc) is 2.12. The summed E-state index contributed by atoms with van der Waals surface area (Å²) in [7, 11) is 0. The number of hydrogen-bond acceptors (Lipinski definition) is 1. The fourth-order valence-electron chi connectivity index (χ4n) is 0.988.